The number of rotatable bonds is 6. The molecule has 2 aromatic heterocycles. The number of amides is 1. The lowest BCUT2D eigenvalue weighted by Gasteiger charge is -2.22. The summed E-state index contributed by atoms with van der Waals surface area (Å²) in [6.45, 7) is 5.42. The van der Waals surface area contributed by atoms with Crippen molar-refractivity contribution in [3.63, 3.8) is 0 Å². The average molecular weight is 355 g/mol. The van der Waals surface area contributed by atoms with E-state index in [9.17, 15) is 4.79 Å². The molecule has 0 radical (unpaired) electrons. The third-order valence-corrected chi connectivity index (χ3v) is 4.75. The summed E-state index contributed by atoms with van der Waals surface area (Å²) >= 11 is 1.55. The standard InChI is InChI=1S/C19H21N3O2S/c1-13-4-5-17-15(10-13)16(11-14(2)21-17)19(23)22(7-8-24-3)12-18-20-6-9-25-18/h4-6,9-11H,7-8,12H2,1-3H3. The zero-order valence-corrected chi connectivity index (χ0v) is 15.5. The maximum absolute atomic E-state index is 13.3. The molecule has 0 spiro atoms. The van der Waals surface area contributed by atoms with Crippen molar-refractivity contribution in [3.8, 4) is 0 Å². The summed E-state index contributed by atoms with van der Waals surface area (Å²) in [6, 6.07) is 7.87. The Morgan fingerprint density at radius 2 is 2.12 bits per heavy atom. The largest absolute Gasteiger partial charge is 0.383 e. The minimum Gasteiger partial charge on any atom is -0.383 e. The molecule has 1 aromatic carbocycles. The van der Waals surface area contributed by atoms with Crippen molar-refractivity contribution in [1.29, 1.82) is 0 Å². The van der Waals surface area contributed by atoms with E-state index in [1.165, 1.54) is 0 Å². The summed E-state index contributed by atoms with van der Waals surface area (Å²) in [5, 5.41) is 3.72. The van der Waals surface area contributed by atoms with Crippen LogP contribution in [0.3, 0.4) is 0 Å². The van der Waals surface area contributed by atoms with Crippen LogP contribution in [0, 0.1) is 13.8 Å². The van der Waals surface area contributed by atoms with E-state index in [1.54, 1.807) is 29.5 Å². The second-order valence-electron chi connectivity index (χ2n) is 5.98. The molecule has 0 saturated carbocycles. The number of fused-ring (bicyclic) bond motifs is 1. The minimum atomic E-state index is -0.0200. The van der Waals surface area contributed by atoms with Gasteiger partial charge in [0.25, 0.3) is 5.91 Å². The lowest BCUT2D eigenvalue weighted by atomic mass is 10.0. The third kappa shape index (κ3) is 4.03. The van der Waals surface area contributed by atoms with Crippen molar-refractivity contribution < 1.29 is 9.53 Å². The predicted molar refractivity (Wildman–Crippen MR) is 99.9 cm³/mol. The second kappa shape index (κ2) is 7.72. The van der Waals surface area contributed by atoms with Crippen molar-refractivity contribution in [2.45, 2.75) is 20.4 Å². The molecule has 1 amide bonds. The van der Waals surface area contributed by atoms with E-state index < -0.39 is 0 Å². The Kier molecular flexibility index (Phi) is 5.40. The number of nitrogens with zero attached hydrogens (tertiary/aromatic N) is 3. The molecule has 0 unspecified atom stereocenters. The summed E-state index contributed by atoms with van der Waals surface area (Å²) in [4.78, 5) is 23.9. The molecule has 6 heteroatoms. The molecular formula is C19H21N3O2S. The van der Waals surface area contributed by atoms with Gasteiger partial charge >= 0.3 is 0 Å². The Labute approximate surface area is 151 Å². The Balaban J connectivity index is 2.00. The number of benzene rings is 1. The van der Waals surface area contributed by atoms with E-state index >= 15 is 0 Å². The van der Waals surface area contributed by atoms with Crippen LogP contribution in [0.4, 0.5) is 0 Å². The lowest BCUT2D eigenvalue weighted by Crippen LogP contribution is -2.33. The van der Waals surface area contributed by atoms with Gasteiger partial charge in [0, 0.05) is 36.3 Å². The number of ether oxygens (including phenoxy) is 1. The molecule has 0 N–H and O–H groups in total. The SMILES string of the molecule is COCCN(Cc1nccs1)C(=O)c1cc(C)nc2ccc(C)cc12. The van der Waals surface area contributed by atoms with Crippen LogP contribution in [-0.2, 0) is 11.3 Å². The number of carbonyl (C=O) groups is 1. The molecule has 0 aliphatic rings. The van der Waals surface area contributed by atoms with Crippen LogP contribution >= 0.6 is 11.3 Å². The van der Waals surface area contributed by atoms with Crippen LogP contribution in [0.2, 0.25) is 0 Å². The highest BCUT2D eigenvalue weighted by atomic mass is 32.1. The fourth-order valence-electron chi connectivity index (χ4n) is 2.77. The van der Waals surface area contributed by atoms with Gasteiger partial charge in [-0.1, -0.05) is 11.6 Å². The van der Waals surface area contributed by atoms with Crippen LogP contribution in [-0.4, -0.2) is 41.0 Å². The van der Waals surface area contributed by atoms with Crippen LogP contribution in [0.25, 0.3) is 10.9 Å². The topological polar surface area (TPSA) is 55.3 Å². The molecule has 0 bridgehead atoms. The number of aromatic nitrogens is 2. The number of thiazole rings is 1. The molecule has 0 aliphatic carbocycles. The van der Waals surface area contributed by atoms with Gasteiger partial charge in [0.1, 0.15) is 5.01 Å². The normalized spacial score (nSPS) is 11.0. The van der Waals surface area contributed by atoms with E-state index in [-0.39, 0.29) is 5.91 Å². The molecule has 25 heavy (non-hydrogen) atoms. The van der Waals surface area contributed by atoms with E-state index in [2.05, 4.69) is 9.97 Å². The summed E-state index contributed by atoms with van der Waals surface area (Å²) < 4.78 is 5.18. The van der Waals surface area contributed by atoms with E-state index in [0.717, 1.165) is 27.2 Å². The maximum atomic E-state index is 13.3. The van der Waals surface area contributed by atoms with Crippen molar-refractivity contribution in [2.75, 3.05) is 20.3 Å². The van der Waals surface area contributed by atoms with Crippen molar-refractivity contribution in [2.24, 2.45) is 0 Å². The number of pyridine rings is 1. The molecule has 3 aromatic rings. The highest BCUT2D eigenvalue weighted by Gasteiger charge is 2.20. The monoisotopic (exact) mass is 355 g/mol. The summed E-state index contributed by atoms with van der Waals surface area (Å²) in [7, 11) is 1.64. The molecule has 0 saturated heterocycles. The number of hydrogen-bond acceptors (Lipinski definition) is 5. The van der Waals surface area contributed by atoms with Crippen molar-refractivity contribution in [1.82, 2.24) is 14.9 Å². The third-order valence-electron chi connectivity index (χ3n) is 3.98. The number of carbonyl (C=O) groups excluding carboxylic acids is 1. The first-order valence-corrected chi connectivity index (χ1v) is 9.01. The van der Waals surface area contributed by atoms with Gasteiger partial charge in [-0.3, -0.25) is 9.78 Å². The van der Waals surface area contributed by atoms with Gasteiger partial charge in [-0.25, -0.2) is 4.98 Å². The Morgan fingerprint density at radius 1 is 1.28 bits per heavy atom. The highest BCUT2D eigenvalue weighted by Crippen LogP contribution is 2.22. The Morgan fingerprint density at radius 3 is 2.84 bits per heavy atom. The number of methoxy groups -OCH3 is 1. The fraction of sp³-hybridized carbons (Fsp3) is 0.316. The quantitative estimate of drug-likeness (QED) is 0.678. The highest BCUT2D eigenvalue weighted by molar-refractivity contribution is 7.09. The van der Waals surface area contributed by atoms with Gasteiger partial charge in [0.2, 0.25) is 0 Å². The molecule has 3 rings (SSSR count). The van der Waals surface area contributed by atoms with Gasteiger partial charge in [-0.15, -0.1) is 11.3 Å². The molecular weight excluding hydrogens is 334 g/mol. The van der Waals surface area contributed by atoms with E-state index in [0.29, 0.717) is 25.3 Å². The minimum absolute atomic E-state index is 0.0200. The first kappa shape index (κ1) is 17.5. The van der Waals surface area contributed by atoms with Crippen molar-refractivity contribution in [3.05, 3.63) is 57.7 Å². The Bertz CT molecular complexity index is 878. The molecule has 0 atom stereocenters. The van der Waals surface area contributed by atoms with Crippen LogP contribution in [0.5, 0.6) is 0 Å². The van der Waals surface area contributed by atoms with Crippen LogP contribution < -0.4 is 0 Å². The van der Waals surface area contributed by atoms with E-state index in [4.69, 9.17) is 4.74 Å². The number of hydrogen-bond donors (Lipinski definition) is 0. The van der Waals surface area contributed by atoms with Gasteiger partial charge in [-0.2, -0.15) is 0 Å². The van der Waals surface area contributed by atoms with Crippen LogP contribution in [0.15, 0.2) is 35.8 Å². The van der Waals surface area contributed by atoms with Gasteiger partial charge < -0.3 is 9.64 Å². The first-order valence-electron chi connectivity index (χ1n) is 8.13. The fourth-order valence-corrected chi connectivity index (χ4v) is 3.40. The molecule has 2 heterocycles. The zero-order chi connectivity index (χ0) is 17.8. The summed E-state index contributed by atoms with van der Waals surface area (Å²) in [5.41, 5.74) is 3.46. The molecule has 0 fully saturated rings. The van der Waals surface area contributed by atoms with E-state index in [1.807, 2.05) is 43.5 Å². The van der Waals surface area contributed by atoms with Gasteiger partial charge in [0.15, 0.2) is 0 Å². The number of aryl methyl sites for hydroxylation is 2. The van der Waals surface area contributed by atoms with Gasteiger partial charge in [0.05, 0.1) is 24.2 Å². The molecule has 0 aliphatic heterocycles. The van der Waals surface area contributed by atoms with Crippen LogP contribution in [0.1, 0.15) is 26.6 Å². The summed E-state index contributed by atoms with van der Waals surface area (Å²) in [6.07, 6.45) is 1.76. The first-order chi connectivity index (χ1) is 12.1. The van der Waals surface area contributed by atoms with Crippen molar-refractivity contribution >= 4 is 28.1 Å². The molecule has 5 nitrogen and oxygen atoms in total. The molecule has 130 valence electrons. The smallest absolute Gasteiger partial charge is 0.255 e. The second-order valence-corrected chi connectivity index (χ2v) is 6.96. The Hall–Kier alpha value is -2.31. The summed E-state index contributed by atoms with van der Waals surface area (Å²) in [5.74, 6) is -0.0200. The average Bonchev–Trinajstić information content (AvgIpc) is 3.10. The zero-order valence-electron chi connectivity index (χ0n) is 14.7. The predicted octanol–water partition coefficient (Wildman–Crippen LogP) is 3.60. The maximum Gasteiger partial charge on any atom is 0.255 e. The lowest BCUT2D eigenvalue weighted by molar-refractivity contribution is 0.0682. The van der Waals surface area contributed by atoms with Gasteiger partial charge in [-0.05, 0) is 32.0 Å².